The lowest BCUT2D eigenvalue weighted by molar-refractivity contribution is -0.256. The van der Waals surface area contributed by atoms with Crippen LogP contribution in [0.3, 0.4) is 0 Å². The van der Waals surface area contributed by atoms with E-state index in [4.69, 9.17) is 28.9 Å². The minimum absolute atomic E-state index is 0.0223. The zero-order chi connectivity index (χ0) is 43.6. The Hall–Kier alpha value is -5.49. The SMILES string of the molecule is C=CCOC12Oc3ccc(Oc4ccc(C)c(C)c4)cc3C3C(CCCCO)C(CCCCO)C=C(C(=NOCc4ccccc4)CC1N(Cc1ccc(F)cc1)C(=O)OC)C32. The van der Waals surface area contributed by atoms with E-state index in [2.05, 4.69) is 32.6 Å². The Morgan fingerprint density at radius 3 is 2.35 bits per heavy atom. The molecular formula is C51H59FN2O8. The number of fused-ring (bicyclic) bond motifs is 2. The van der Waals surface area contributed by atoms with E-state index in [0.717, 1.165) is 53.7 Å². The Morgan fingerprint density at radius 1 is 0.919 bits per heavy atom. The van der Waals surface area contributed by atoms with Crippen LogP contribution in [-0.2, 0) is 27.5 Å². The van der Waals surface area contributed by atoms with Crippen molar-refractivity contribution in [2.24, 2.45) is 22.9 Å². The zero-order valence-corrected chi connectivity index (χ0v) is 36.0. The molecule has 62 heavy (non-hydrogen) atoms. The number of aryl methyl sites for hydroxylation is 2. The highest BCUT2D eigenvalue weighted by molar-refractivity contribution is 6.03. The minimum Gasteiger partial charge on any atom is -0.459 e. The maximum atomic E-state index is 14.2. The molecule has 1 amide bonds. The van der Waals surface area contributed by atoms with Gasteiger partial charge in [0.25, 0.3) is 0 Å². The quantitative estimate of drug-likeness (QED) is 0.0544. The third kappa shape index (κ3) is 9.75. The van der Waals surface area contributed by atoms with Gasteiger partial charge in [0, 0.05) is 37.7 Å². The number of carbonyl (C=O) groups excluding carboxylic acids is 1. The summed E-state index contributed by atoms with van der Waals surface area (Å²) in [4.78, 5) is 22.0. The van der Waals surface area contributed by atoms with Gasteiger partial charge >= 0.3 is 6.09 Å². The Bertz CT molecular complexity index is 2210. The Morgan fingerprint density at radius 2 is 1.65 bits per heavy atom. The number of hydrogen-bond acceptors (Lipinski definition) is 9. The molecule has 3 aliphatic rings. The molecule has 4 aromatic carbocycles. The van der Waals surface area contributed by atoms with E-state index in [0.29, 0.717) is 35.6 Å². The monoisotopic (exact) mass is 846 g/mol. The Balaban J connectivity index is 1.45. The fraction of sp³-hybridized carbons (Fsp3) is 0.412. The van der Waals surface area contributed by atoms with Crippen LogP contribution in [0.15, 0.2) is 120 Å². The number of amides is 1. The van der Waals surface area contributed by atoms with Crippen LogP contribution in [0.1, 0.15) is 78.7 Å². The number of methoxy groups -OCH3 is 1. The molecule has 10 nitrogen and oxygen atoms in total. The molecule has 1 fully saturated rings. The van der Waals surface area contributed by atoms with Gasteiger partial charge in [0.15, 0.2) is 0 Å². The average Bonchev–Trinajstić information content (AvgIpc) is 3.28. The summed E-state index contributed by atoms with van der Waals surface area (Å²) in [5.41, 5.74) is 6.43. The van der Waals surface area contributed by atoms with Crippen LogP contribution in [0.25, 0.3) is 0 Å². The molecule has 7 rings (SSSR count). The van der Waals surface area contributed by atoms with E-state index in [9.17, 15) is 19.4 Å². The molecule has 328 valence electrons. The lowest BCUT2D eigenvalue weighted by Crippen LogP contribution is -2.70. The highest BCUT2D eigenvalue weighted by atomic mass is 19.1. The van der Waals surface area contributed by atoms with Crippen LogP contribution in [0, 0.1) is 37.4 Å². The van der Waals surface area contributed by atoms with E-state index in [1.807, 2.05) is 60.7 Å². The molecule has 1 heterocycles. The number of benzene rings is 4. The number of unbranched alkanes of at least 4 members (excludes halogenated alkanes) is 2. The summed E-state index contributed by atoms with van der Waals surface area (Å²) in [6.45, 7) is 8.72. The van der Waals surface area contributed by atoms with Crippen molar-refractivity contribution < 1.29 is 43.2 Å². The second-order valence-electron chi connectivity index (χ2n) is 16.6. The number of oxime groups is 1. The predicted molar refractivity (Wildman–Crippen MR) is 237 cm³/mol. The van der Waals surface area contributed by atoms with Crippen LogP contribution >= 0.6 is 0 Å². The summed E-state index contributed by atoms with van der Waals surface area (Å²) in [6, 6.07) is 27.0. The van der Waals surface area contributed by atoms with Gasteiger partial charge in [-0.1, -0.05) is 78.7 Å². The Labute approximate surface area is 364 Å². The number of allylic oxidation sites excluding steroid dienone is 1. The molecule has 4 aromatic rings. The molecule has 0 spiro atoms. The van der Waals surface area contributed by atoms with Gasteiger partial charge in [0.2, 0.25) is 5.79 Å². The lowest BCUT2D eigenvalue weighted by atomic mass is 9.55. The van der Waals surface area contributed by atoms with Gasteiger partial charge in [-0.25, -0.2) is 9.18 Å². The highest BCUT2D eigenvalue weighted by Gasteiger charge is 2.65. The molecule has 1 aliphatic heterocycles. The third-order valence-electron chi connectivity index (χ3n) is 12.7. The summed E-state index contributed by atoms with van der Waals surface area (Å²) in [6.07, 6.45) is 8.04. The molecular weight excluding hydrogens is 788 g/mol. The van der Waals surface area contributed by atoms with Crippen molar-refractivity contribution in [2.45, 2.75) is 89.7 Å². The second kappa shape index (κ2) is 20.6. The number of rotatable bonds is 19. The highest BCUT2D eigenvalue weighted by Crippen LogP contribution is 2.62. The van der Waals surface area contributed by atoms with Crippen molar-refractivity contribution in [1.82, 2.24) is 4.90 Å². The van der Waals surface area contributed by atoms with E-state index >= 15 is 0 Å². The number of ether oxygens (including phenoxy) is 4. The molecule has 0 aromatic heterocycles. The van der Waals surface area contributed by atoms with E-state index in [1.165, 1.54) is 24.8 Å². The van der Waals surface area contributed by atoms with Crippen LogP contribution in [0.4, 0.5) is 9.18 Å². The summed E-state index contributed by atoms with van der Waals surface area (Å²) < 4.78 is 40.7. The first kappa shape index (κ1) is 44.6. The Kier molecular flexibility index (Phi) is 14.8. The summed E-state index contributed by atoms with van der Waals surface area (Å²) in [7, 11) is 1.34. The van der Waals surface area contributed by atoms with Crippen LogP contribution in [-0.4, -0.2) is 65.7 Å². The molecule has 0 bridgehead atoms. The van der Waals surface area contributed by atoms with Crippen LogP contribution in [0.2, 0.25) is 0 Å². The number of hydrogen-bond donors (Lipinski definition) is 2. The molecule has 1 saturated carbocycles. The van der Waals surface area contributed by atoms with Gasteiger partial charge in [0.1, 0.15) is 35.7 Å². The molecule has 2 N–H and O–H groups in total. The number of aliphatic hydroxyl groups is 2. The maximum absolute atomic E-state index is 14.2. The minimum atomic E-state index is -1.49. The normalized spacial score (nSPS) is 23.0. The fourth-order valence-corrected chi connectivity index (χ4v) is 9.59. The fourth-order valence-electron chi connectivity index (χ4n) is 9.59. The number of carbonyl (C=O) groups is 1. The van der Waals surface area contributed by atoms with Crippen LogP contribution < -0.4 is 9.47 Å². The number of nitrogens with zero attached hydrogens (tertiary/aromatic N) is 2. The maximum Gasteiger partial charge on any atom is 0.410 e. The van der Waals surface area contributed by atoms with Crippen molar-refractivity contribution in [3.8, 4) is 17.2 Å². The molecule has 0 saturated heterocycles. The first-order chi connectivity index (χ1) is 30.2. The zero-order valence-electron chi connectivity index (χ0n) is 36.0. The molecule has 0 radical (unpaired) electrons. The molecule has 11 heteroatoms. The number of aliphatic hydroxyl groups excluding tert-OH is 2. The van der Waals surface area contributed by atoms with Crippen molar-refractivity contribution in [1.29, 1.82) is 0 Å². The first-order valence-corrected chi connectivity index (χ1v) is 21.8. The molecule has 6 atom stereocenters. The summed E-state index contributed by atoms with van der Waals surface area (Å²) in [5, 5.41) is 24.8. The van der Waals surface area contributed by atoms with E-state index in [-0.39, 0.29) is 63.0 Å². The first-order valence-electron chi connectivity index (χ1n) is 21.8. The van der Waals surface area contributed by atoms with E-state index in [1.54, 1.807) is 23.1 Å². The second-order valence-corrected chi connectivity index (χ2v) is 16.6. The summed E-state index contributed by atoms with van der Waals surface area (Å²) in [5.74, 6) is -0.622. The standard InChI is InChI=1S/C51H59FN2O8/c1-5-27-59-51-47(54(50(57)58-4)32-36-18-20-39(52)21-19-36)31-45(53-60-33-37-13-7-6-8-14-37)43-29-38(15-9-11-25-55)42(16-10-12-26-56)48(49(43)51)44-30-41(23-24-46(44)62-51)61-40-22-17-34(2)35(3)28-40/h5-8,13-14,17-24,28-30,38,42,47-49,55-56H,1,9-12,15-16,25-27,31-33H2,2-4H3. The van der Waals surface area contributed by atoms with Gasteiger partial charge in [-0.2, -0.15) is 0 Å². The van der Waals surface area contributed by atoms with Gasteiger partial charge in [-0.15, -0.1) is 6.58 Å². The number of halogens is 1. The lowest BCUT2D eigenvalue weighted by Gasteiger charge is -2.59. The van der Waals surface area contributed by atoms with Gasteiger partial charge < -0.3 is 34.0 Å². The van der Waals surface area contributed by atoms with Crippen molar-refractivity contribution in [3.05, 3.63) is 149 Å². The van der Waals surface area contributed by atoms with Crippen molar-refractivity contribution >= 4 is 11.8 Å². The largest absolute Gasteiger partial charge is 0.459 e. The van der Waals surface area contributed by atoms with Crippen molar-refractivity contribution in [2.75, 3.05) is 26.9 Å². The average molecular weight is 847 g/mol. The van der Waals surface area contributed by atoms with Gasteiger partial charge in [-0.05, 0) is 122 Å². The smallest absolute Gasteiger partial charge is 0.410 e. The molecule has 6 unspecified atom stereocenters. The summed E-state index contributed by atoms with van der Waals surface area (Å²) >= 11 is 0. The third-order valence-corrected chi connectivity index (χ3v) is 12.7. The topological polar surface area (TPSA) is 119 Å². The molecule has 2 aliphatic carbocycles. The van der Waals surface area contributed by atoms with Crippen LogP contribution in [0.5, 0.6) is 17.2 Å². The van der Waals surface area contributed by atoms with Gasteiger partial charge in [-0.3, -0.25) is 4.90 Å². The predicted octanol–water partition coefficient (Wildman–Crippen LogP) is 10.3. The van der Waals surface area contributed by atoms with Gasteiger partial charge in [0.05, 0.1) is 25.3 Å². The van der Waals surface area contributed by atoms with E-state index < -0.39 is 23.8 Å². The van der Waals surface area contributed by atoms with Crippen molar-refractivity contribution in [3.63, 3.8) is 0 Å².